The molecule has 0 saturated heterocycles. The lowest BCUT2D eigenvalue weighted by Gasteiger charge is -2.44. The molecule has 33 heavy (non-hydrogen) atoms. The van der Waals surface area contributed by atoms with Crippen LogP contribution in [0.4, 0.5) is 0 Å². The van der Waals surface area contributed by atoms with Crippen LogP contribution >= 0.6 is 0 Å². The summed E-state index contributed by atoms with van der Waals surface area (Å²) in [5.74, 6) is 0.745. The van der Waals surface area contributed by atoms with Crippen molar-refractivity contribution in [3.63, 3.8) is 0 Å². The number of hydrogen-bond donors (Lipinski definition) is 1. The van der Waals surface area contributed by atoms with Crippen LogP contribution in [0.25, 0.3) is 11.0 Å². The summed E-state index contributed by atoms with van der Waals surface area (Å²) in [6.07, 6.45) is 4.23. The van der Waals surface area contributed by atoms with Gasteiger partial charge in [0.15, 0.2) is 5.82 Å². The van der Waals surface area contributed by atoms with Gasteiger partial charge in [-0.2, -0.15) is 0 Å². The third-order valence-corrected chi connectivity index (χ3v) is 6.93. The molecule has 5 rings (SSSR count). The van der Waals surface area contributed by atoms with Crippen molar-refractivity contribution in [3.8, 4) is 5.75 Å². The summed E-state index contributed by atoms with van der Waals surface area (Å²) < 4.78 is 7.71. The Morgan fingerprint density at radius 1 is 1.15 bits per heavy atom. The zero-order chi connectivity index (χ0) is 23.0. The molecule has 0 unspecified atom stereocenters. The minimum atomic E-state index is -1.06. The summed E-state index contributed by atoms with van der Waals surface area (Å²) in [6.45, 7) is 4.96. The first-order chi connectivity index (χ1) is 16.0. The zero-order valence-corrected chi connectivity index (χ0v) is 19.2. The van der Waals surface area contributed by atoms with Gasteiger partial charge < -0.3 is 19.5 Å². The number of para-hydroxylation sites is 3. The van der Waals surface area contributed by atoms with Crippen molar-refractivity contribution in [3.05, 3.63) is 59.9 Å². The van der Waals surface area contributed by atoms with E-state index < -0.39 is 5.54 Å². The number of carbonyl (C=O) groups is 2. The Morgan fingerprint density at radius 3 is 2.67 bits per heavy atom. The summed E-state index contributed by atoms with van der Waals surface area (Å²) in [7, 11) is 0. The van der Waals surface area contributed by atoms with Gasteiger partial charge in [0.2, 0.25) is 5.91 Å². The smallest absolute Gasteiger partial charge is 0.291 e. The Hall–Kier alpha value is -3.35. The molecule has 1 fully saturated rings. The first-order valence-corrected chi connectivity index (χ1v) is 11.8. The van der Waals surface area contributed by atoms with Gasteiger partial charge >= 0.3 is 0 Å². The number of ether oxygens (including phenoxy) is 1. The average molecular weight is 447 g/mol. The van der Waals surface area contributed by atoms with Gasteiger partial charge in [0, 0.05) is 11.6 Å². The van der Waals surface area contributed by atoms with Gasteiger partial charge in [-0.05, 0) is 44.9 Å². The number of amides is 2. The summed E-state index contributed by atoms with van der Waals surface area (Å²) in [5, 5.41) is 3.24. The van der Waals surface area contributed by atoms with Gasteiger partial charge in [-0.25, -0.2) is 4.98 Å². The van der Waals surface area contributed by atoms with E-state index in [2.05, 4.69) is 10.3 Å². The maximum atomic E-state index is 13.8. The molecule has 172 valence electrons. The van der Waals surface area contributed by atoms with Crippen molar-refractivity contribution in [1.82, 2.24) is 19.8 Å². The third-order valence-electron chi connectivity index (χ3n) is 6.93. The molecule has 3 aromatic rings. The van der Waals surface area contributed by atoms with Crippen molar-refractivity contribution in [1.29, 1.82) is 0 Å². The molecule has 7 nitrogen and oxygen atoms in total. The number of hydrogen-bond acceptors (Lipinski definition) is 4. The van der Waals surface area contributed by atoms with Crippen LogP contribution in [0.1, 0.15) is 55.7 Å². The molecule has 1 atom stereocenters. The second kappa shape index (κ2) is 8.54. The van der Waals surface area contributed by atoms with Crippen LogP contribution in [0.3, 0.4) is 0 Å². The molecule has 2 aromatic carbocycles. The summed E-state index contributed by atoms with van der Waals surface area (Å²) in [5.41, 5.74) is 1.44. The lowest BCUT2D eigenvalue weighted by Crippen LogP contribution is -2.64. The highest BCUT2D eigenvalue weighted by atomic mass is 16.5. The van der Waals surface area contributed by atoms with E-state index in [1.165, 1.54) is 0 Å². The molecular weight excluding hydrogens is 416 g/mol. The minimum absolute atomic E-state index is 0.111. The van der Waals surface area contributed by atoms with Crippen molar-refractivity contribution in [2.75, 3.05) is 6.61 Å². The van der Waals surface area contributed by atoms with Crippen molar-refractivity contribution < 1.29 is 14.3 Å². The quantitative estimate of drug-likeness (QED) is 0.623. The molecular formula is C26H30N4O3. The zero-order valence-electron chi connectivity index (χ0n) is 19.2. The summed E-state index contributed by atoms with van der Waals surface area (Å²) in [4.78, 5) is 33.9. The van der Waals surface area contributed by atoms with Crippen LogP contribution in [0.15, 0.2) is 48.5 Å². The Kier molecular flexibility index (Phi) is 5.56. The van der Waals surface area contributed by atoms with Gasteiger partial charge in [-0.15, -0.1) is 0 Å². The van der Waals surface area contributed by atoms with Crippen LogP contribution in [0, 0.1) is 0 Å². The second-order valence-electron chi connectivity index (χ2n) is 9.17. The standard InChI is InChI=1S/C26H30N4O3/c1-3-33-22-15-9-4-10-18(22)16-30-24(31)23-28-20-13-7-8-14-21(20)29(23)17-26(30,2)25(32)27-19-11-5-6-12-19/h4,7-10,13-15,19H,3,5-6,11-12,16-17H2,1-2H3,(H,27,32)/t26-/m0/s1. The number of fused-ring (bicyclic) bond motifs is 3. The van der Waals surface area contributed by atoms with Crippen molar-refractivity contribution >= 4 is 22.8 Å². The fourth-order valence-electron chi connectivity index (χ4n) is 5.09. The molecule has 0 bridgehead atoms. The molecule has 0 radical (unpaired) electrons. The van der Waals surface area contributed by atoms with E-state index in [0.29, 0.717) is 19.0 Å². The molecule has 1 saturated carbocycles. The Balaban J connectivity index is 1.57. The van der Waals surface area contributed by atoms with Gasteiger partial charge in [0.25, 0.3) is 5.91 Å². The molecule has 1 aromatic heterocycles. The van der Waals surface area contributed by atoms with E-state index in [1.54, 1.807) is 4.90 Å². The average Bonchev–Trinajstić information content (AvgIpc) is 3.46. The maximum absolute atomic E-state index is 13.8. The highest BCUT2D eigenvalue weighted by Gasteiger charge is 2.49. The molecule has 1 aliphatic carbocycles. The minimum Gasteiger partial charge on any atom is -0.494 e. The van der Waals surface area contributed by atoms with E-state index in [-0.39, 0.29) is 24.4 Å². The topological polar surface area (TPSA) is 76.5 Å². The number of nitrogens with zero attached hydrogens (tertiary/aromatic N) is 3. The SMILES string of the molecule is CCOc1ccccc1CN1C(=O)c2nc3ccccc3n2C[C@@]1(C)C(=O)NC1CCCC1. The van der Waals surface area contributed by atoms with Crippen LogP contribution < -0.4 is 10.1 Å². The van der Waals surface area contributed by atoms with Crippen LogP contribution in [-0.4, -0.2) is 44.5 Å². The van der Waals surface area contributed by atoms with Crippen molar-refractivity contribution in [2.45, 2.75) is 64.2 Å². The Bertz CT molecular complexity index is 1200. The fraction of sp³-hybridized carbons (Fsp3) is 0.423. The fourth-order valence-corrected chi connectivity index (χ4v) is 5.09. The predicted octanol–water partition coefficient (Wildman–Crippen LogP) is 3.91. The number of benzene rings is 2. The van der Waals surface area contributed by atoms with E-state index in [1.807, 2.05) is 66.9 Å². The normalized spacial score (nSPS) is 20.8. The Morgan fingerprint density at radius 2 is 1.88 bits per heavy atom. The highest BCUT2D eigenvalue weighted by Crippen LogP contribution is 2.34. The molecule has 2 heterocycles. The van der Waals surface area contributed by atoms with Crippen LogP contribution in [-0.2, 0) is 17.9 Å². The van der Waals surface area contributed by atoms with Gasteiger partial charge in [0.1, 0.15) is 11.3 Å². The van der Waals surface area contributed by atoms with Crippen LogP contribution in [0.2, 0.25) is 0 Å². The summed E-state index contributed by atoms with van der Waals surface area (Å²) in [6, 6.07) is 15.6. The molecule has 7 heteroatoms. The number of nitrogens with one attached hydrogen (secondary N) is 1. The number of aromatic nitrogens is 2. The van der Waals surface area contributed by atoms with Crippen molar-refractivity contribution in [2.24, 2.45) is 0 Å². The molecule has 1 aliphatic heterocycles. The first-order valence-electron chi connectivity index (χ1n) is 11.8. The predicted molar refractivity (Wildman–Crippen MR) is 126 cm³/mol. The first kappa shape index (κ1) is 21.5. The Labute approximate surface area is 193 Å². The van der Waals surface area contributed by atoms with E-state index in [9.17, 15) is 9.59 Å². The van der Waals surface area contributed by atoms with E-state index in [0.717, 1.165) is 48.0 Å². The molecule has 2 aliphatic rings. The number of carbonyl (C=O) groups excluding carboxylic acids is 2. The van der Waals surface area contributed by atoms with Gasteiger partial charge in [-0.1, -0.05) is 43.2 Å². The van der Waals surface area contributed by atoms with E-state index >= 15 is 0 Å². The monoisotopic (exact) mass is 446 g/mol. The molecule has 0 spiro atoms. The lowest BCUT2D eigenvalue weighted by molar-refractivity contribution is -0.133. The second-order valence-corrected chi connectivity index (χ2v) is 9.17. The summed E-state index contributed by atoms with van der Waals surface area (Å²) >= 11 is 0. The molecule has 1 N–H and O–H groups in total. The highest BCUT2D eigenvalue weighted by molar-refractivity contribution is 6.01. The van der Waals surface area contributed by atoms with Gasteiger partial charge in [-0.3, -0.25) is 9.59 Å². The van der Waals surface area contributed by atoms with Crippen LogP contribution in [0.5, 0.6) is 5.75 Å². The largest absolute Gasteiger partial charge is 0.494 e. The number of rotatable bonds is 6. The van der Waals surface area contributed by atoms with E-state index in [4.69, 9.17) is 4.74 Å². The maximum Gasteiger partial charge on any atom is 0.291 e. The lowest BCUT2D eigenvalue weighted by atomic mass is 9.93. The number of imidazole rings is 1. The van der Waals surface area contributed by atoms with Gasteiger partial charge in [0.05, 0.1) is 30.7 Å². The molecule has 2 amide bonds. The third kappa shape index (κ3) is 3.75.